The van der Waals surface area contributed by atoms with Crippen molar-refractivity contribution in [1.29, 1.82) is 0 Å². The minimum absolute atomic E-state index is 0.146. The molecule has 0 saturated carbocycles. The Balaban J connectivity index is 1.58. The van der Waals surface area contributed by atoms with Crippen molar-refractivity contribution in [3.8, 4) is 0 Å². The van der Waals surface area contributed by atoms with Crippen LogP contribution in [-0.4, -0.2) is 51.9 Å². The molecule has 126 valence electrons. The van der Waals surface area contributed by atoms with E-state index < -0.39 is 10.0 Å². The molecule has 2 aliphatic rings. The summed E-state index contributed by atoms with van der Waals surface area (Å²) in [6, 6.07) is 5.99. The standard InChI is InChI=1S/C14H19ClN4O3S/c15-11-3-5-13(6-4-11)23(20,21)18-14-16-9-19(10-17-14)8-12-2-1-7-22-12/h3-6,12H,1-2,7-10H2,(H2,16,17,18)/t12-/m1/s1. The average molecular weight is 359 g/mol. The van der Waals surface area contributed by atoms with Gasteiger partial charge in [-0.1, -0.05) is 11.6 Å². The molecule has 0 aromatic heterocycles. The van der Waals surface area contributed by atoms with E-state index in [1.165, 1.54) is 24.3 Å². The topological polar surface area (TPSA) is 83.0 Å². The van der Waals surface area contributed by atoms with Crippen molar-refractivity contribution in [3.63, 3.8) is 0 Å². The lowest BCUT2D eigenvalue weighted by Crippen LogP contribution is -2.51. The van der Waals surface area contributed by atoms with E-state index in [4.69, 9.17) is 16.3 Å². The summed E-state index contributed by atoms with van der Waals surface area (Å²) in [6.45, 7) is 2.59. The van der Waals surface area contributed by atoms with Gasteiger partial charge in [0.25, 0.3) is 10.0 Å². The Hall–Kier alpha value is -1.35. The molecule has 0 bridgehead atoms. The summed E-state index contributed by atoms with van der Waals surface area (Å²) in [4.78, 5) is 6.47. The largest absolute Gasteiger partial charge is 0.377 e. The van der Waals surface area contributed by atoms with E-state index in [2.05, 4.69) is 19.9 Å². The van der Waals surface area contributed by atoms with Crippen molar-refractivity contribution >= 4 is 27.6 Å². The molecule has 7 nitrogen and oxygen atoms in total. The summed E-state index contributed by atoms with van der Waals surface area (Å²) in [5.41, 5.74) is 0. The zero-order chi connectivity index (χ0) is 16.3. The molecule has 0 aliphatic carbocycles. The van der Waals surface area contributed by atoms with Gasteiger partial charge in [0.1, 0.15) is 0 Å². The van der Waals surface area contributed by atoms with Crippen molar-refractivity contribution in [2.45, 2.75) is 23.8 Å². The van der Waals surface area contributed by atoms with Crippen molar-refractivity contribution in [1.82, 2.24) is 14.9 Å². The Morgan fingerprint density at radius 1 is 1.39 bits per heavy atom. The van der Waals surface area contributed by atoms with E-state index in [-0.39, 0.29) is 17.0 Å². The first-order chi connectivity index (χ1) is 11.0. The Kier molecular flexibility index (Phi) is 5.05. The molecular weight excluding hydrogens is 340 g/mol. The highest BCUT2D eigenvalue weighted by Crippen LogP contribution is 2.15. The van der Waals surface area contributed by atoms with Crippen LogP contribution in [0.25, 0.3) is 0 Å². The number of guanidine groups is 1. The first kappa shape index (κ1) is 16.5. The van der Waals surface area contributed by atoms with Crippen molar-refractivity contribution in [2.75, 3.05) is 26.5 Å². The summed E-state index contributed by atoms with van der Waals surface area (Å²) < 4.78 is 32.6. The molecule has 1 aromatic carbocycles. The Labute approximate surface area is 140 Å². The van der Waals surface area contributed by atoms with Gasteiger partial charge in [0.2, 0.25) is 5.96 Å². The normalized spacial score (nSPS) is 22.5. The molecule has 2 heterocycles. The maximum atomic E-state index is 12.3. The summed E-state index contributed by atoms with van der Waals surface area (Å²) in [5, 5.41) is 3.47. The molecule has 1 fully saturated rings. The number of ether oxygens (including phenoxy) is 1. The van der Waals surface area contributed by atoms with Crippen molar-refractivity contribution in [3.05, 3.63) is 29.3 Å². The maximum Gasteiger partial charge on any atom is 0.264 e. The van der Waals surface area contributed by atoms with Crippen LogP contribution in [0, 0.1) is 0 Å². The monoisotopic (exact) mass is 358 g/mol. The van der Waals surface area contributed by atoms with E-state index in [0.29, 0.717) is 18.4 Å². The highest BCUT2D eigenvalue weighted by Gasteiger charge is 2.23. The van der Waals surface area contributed by atoms with Crippen LogP contribution < -0.4 is 10.0 Å². The first-order valence-corrected chi connectivity index (χ1v) is 9.30. The number of benzene rings is 1. The molecule has 0 unspecified atom stereocenters. The van der Waals surface area contributed by atoms with Crippen LogP contribution in [0.5, 0.6) is 0 Å². The number of halogens is 1. The van der Waals surface area contributed by atoms with Gasteiger partial charge in [-0.15, -0.1) is 0 Å². The molecule has 3 rings (SSSR count). The Bertz CT molecular complexity index is 672. The minimum Gasteiger partial charge on any atom is -0.377 e. The fourth-order valence-electron chi connectivity index (χ4n) is 2.53. The smallest absolute Gasteiger partial charge is 0.264 e. The maximum absolute atomic E-state index is 12.3. The van der Waals surface area contributed by atoms with E-state index in [1.54, 1.807) is 0 Å². The van der Waals surface area contributed by atoms with Gasteiger partial charge in [0, 0.05) is 18.2 Å². The van der Waals surface area contributed by atoms with Gasteiger partial charge in [0.15, 0.2) is 0 Å². The van der Waals surface area contributed by atoms with Crippen LogP contribution in [0.2, 0.25) is 5.02 Å². The van der Waals surface area contributed by atoms with E-state index in [0.717, 1.165) is 26.0 Å². The van der Waals surface area contributed by atoms with Gasteiger partial charge in [-0.3, -0.25) is 4.90 Å². The number of hydrogen-bond donors (Lipinski definition) is 2. The molecule has 1 atom stereocenters. The van der Waals surface area contributed by atoms with Crippen LogP contribution >= 0.6 is 11.6 Å². The van der Waals surface area contributed by atoms with E-state index in [1.807, 2.05) is 0 Å². The van der Waals surface area contributed by atoms with Gasteiger partial charge in [-0.25, -0.2) is 18.1 Å². The summed E-state index contributed by atoms with van der Waals surface area (Å²) in [6.07, 6.45) is 2.41. The predicted octanol–water partition coefficient (Wildman–Crippen LogP) is 0.974. The van der Waals surface area contributed by atoms with Crippen LogP contribution in [0.3, 0.4) is 0 Å². The number of nitrogens with zero attached hydrogens (tertiary/aromatic N) is 2. The lowest BCUT2D eigenvalue weighted by molar-refractivity contribution is 0.0714. The molecule has 9 heteroatoms. The number of aliphatic imine (C=N–C) groups is 1. The molecule has 1 saturated heterocycles. The van der Waals surface area contributed by atoms with Crippen molar-refractivity contribution < 1.29 is 13.2 Å². The van der Waals surface area contributed by atoms with Crippen LogP contribution in [0.4, 0.5) is 0 Å². The molecule has 0 radical (unpaired) electrons. The molecule has 2 N–H and O–H groups in total. The number of hydrogen-bond acceptors (Lipinski definition) is 6. The zero-order valence-corrected chi connectivity index (χ0v) is 14.1. The Morgan fingerprint density at radius 3 is 2.78 bits per heavy atom. The fraction of sp³-hybridized carbons (Fsp3) is 0.500. The second kappa shape index (κ2) is 7.04. The first-order valence-electron chi connectivity index (χ1n) is 7.43. The summed E-state index contributed by atoms with van der Waals surface area (Å²) in [7, 11) is -3.66. The van der Waals surface area contributed by atoms with Gasteiger partial charge >= 0.3 is 0 Å². The number of rotatable bonds is 4. The predicted molar refractivity (Wildman–Crippen MR) is 87.8 cm³/mol. The highest BCUT2D eigenvalue weighted by molar-refractivity contribution is 7.90. The number of sulfonamides is 1. The van der Waals surface area contributed by atoms with Crippen LogP contribution in [0.15, 0.2) is 34.2 Å². The molecule has 23 heavy (non-hydrogen) atoms. The van der Waals surface area contributed by atoms with E-state index >= 15 is 0 Å². The fourth-order valence-corrected chi connectivity index (χ4v) is 3.66. The molecular formula is C14H19ClN4O3S. The highest BCUT2D eigenvalue weighted by atomic mass is 35.5. The van der Waals surface area contributed by atoms with Crippen LogP contribution in [-0.2, 0) is 14.8 Å². The van der Waals surface area contributed by atoms with Crippen molar-refractivity contribution in [2.24, 2.45) is 4.99 Å². The molecule has 0 amide bonds. The van der Waals surface area contributed by atoms with Gasteiger partial charge in [0.05, 0.1) is 24.3 Å². The lowest BCUT2D eigenvalue weighted by Gasteiger charge is -2.28. The third-order valence-electron chi connectivity index (χ3n) is 3.74. The number of nitrogens with one attached hydrogen (secondary N) is 2. The molecule has 2 aliphatic heterocycles. The third-order valence-corrected chi connectivity index (χ3v) is 5.35. The van der Waals surface area contributed by atoms with Crippen LogP contribution in [0.1, 0.15) is 12.8 Å². The van der Waals surface area contributed by atoms with Gasteiger partial charge < -0.3 is 10.1 Å². The second-order valence-corrected chi connectivity index (χ2v) is 7.65. The lowest BCUT2D eigenvalue weighted by atomic mass is 10.2. The Morgan fingerprint density at radius 2 is 2.17 bits per heavy atom. The van der Waals surface area contributed by atoms with Gasteiger partial charge in [-0.2, -0.15) is 0 Å². The zero-order valence-electron chi connectivity index (χ0n) is 12.5. The molecule has 0 spiro atoms. The van der Waals surface area contributed by atoms with Gasteiger partial charge in [-0.05, 0) is 37.1 Å². The SMILES string of the molecule is O=S(=O)(NC1=NCN(C[C@H]2CCCO2)CN1)c1ccc(Cl)cc1. The third kappa shape index (κ3) is 4.35. The average Bonchev–Trinajstić information content (AvgIpc) is 3.02. The second-order valence-electron chi connectivity index (χ2n) is 5.53. The van der Waals surface area contributed by atoms with E-state index in [9.17, 15) is 8.42 Å². The summed E-state index contributed by atoms with van der Waals surface area (Å²) in [5.74, 6) is 0.253. The molecule has 1 aromatic rings. The quantitative estimate of drug-likeness (QED) is 0.838. The minimum atomic E-state index is -3.66. The summed E-state index contributed by atoms with van der Waals surface area (Å²) >= 11 is 5.77.